The SMILES string of the molecule is CCCC1CCN(CCCCCCCCCN2CCC([C@@H](O)CC)CC2)C[C@@H]1O. The summed E-state index contributed by atoms with van der Waals surface area (Å²) in [6.07, 6.45) is 16.2. The summed E-state index contributed by atoms with van der Waals surface area (Å²) in [4.78, 5) is 5.09. The summed E-state index contributed by atoms with van der Waals surface area (Å²) >= 11 is 0. The fourth-order valence-corrected chi connectivity index (χ4v) is 5.41. The van der Waals surface area contributed by atoms with Gasteiger partial charge in [0.25, 0.3) is 0 Å². The van der Waals surface area contributed by atoms with Gasteiger partial charge in [0, 0.05) is 6.54 Å². The van der Waals surface area contributed by atoms with Gasteiger partial charge < -0.3 is 20.0 Å². The number of likely N-dealkylation sites (tertiary alicyclic amines) is 2. The van der Waals surface area contributed by atoms with Crippen LogP contribution in [0.1, 0.15) is 97.3 Å². The fraction of sp³-hybridized carbons (Fsp3) is 1.00. The molecular weight excluding hydrogens is 360 g/mol. The predicted molar refractivity (Wildman–Crippen MR) is 123 cm³/mol. The lowest BCUT2D eigenvalue weighted by molar-refractivity contribution is 0.0176. The third-order valence-electron chi connectivity index (χ3n) is 7.51. The summed E-state index contributed by atoms with van der Waals surface area (Å²) in [6.45, 7) is 11.2. The zero-order valence-corrected chi connectivity index (χ0v) is 19.5. The van der Waals surface area contributed by atoms with Crippen molar-refractivity contribution in [2.75, 3.05) is 39.3 Å². The molecule has 2 rings (SSSR count). The largest absolute Gasteiger partial charge is 0.393 e. The van der Waals surface area contributed by atoms with Crippen LogP contribution in [0.2, 0.25) is 0 Å². The molecule has 172 valence electrons. The summed E-state index contributed by atoms with van der Waals surface area (Å²) in [6, 6.07) is 0. The van der Waals surface area contributed by atoms with E-state index in [1.807, 2.05) is 0 Å². The third kappa shape index (κ3) is 9.67. The first-order chi connectivity index (χ1) is 14.1. The summed E-state index contributed by atoms with van der Waals surface area (Å²) in [5, 5.41) is 20.3. The Balaban J connectivity index is 1.37. The minimum atomic E-state index is -0.0915. The molecule has 0 aliphatic carbocycles. The lowest BCUT2D eigenvalue weighted by Gasteiger charge is -2.36. The van der Waals surface area contributed by atoms with Crippen molar-refractivity contribution in [3.63, 3.8) is 0 Å². The molecule has 2 aliphatic heterocycles. The number of unbranched alkanes of at least 4 members (excludes halogenated alkanes) is 6. The second kappa shape index (κ2) is 14.8. The first-order valence-corrected chi connectivity index (χ1v) is 12.9. The Morgan fingerprint density at radius 1 is 0.793 bits per heavy atom. The third-order valence-corrected chi connectivity index (χ3v) is 7.51. The van der Waals surface area contributed by atoms with Crippen molar-refractivity contribution in [2.24, 2.45) is 11.8 Å². The maximum absolute atomic E-state index is 10.3. The van der Waals surface area contributed by atoms with E-state index in [0.29, 0.717) is 11.8 Å². The van der Waals surface area contributed by atoms with E-state index in [2.05, 4.69) is 23.6 Å². The van der Waals surface area contributed by atoms with Gasteiger partial charge in [-0.05, 0) is 89.5 Å². The Labute approximate surface area is 181 Å². The van der Waals surface area contributed by atoms with E-state index in [9.17, 15) is 10.2 Å². The van der Waals surface area contributed by atoms with Crippen LogP contribution in [-0.4, -0.2) is 71.5 Å². The normalized spacial score (nSPS) is 26.1. The van der Waals surface area contributed by atoms with Crippen molar-refractivity contribution < 1.29 is 10.2 Å². The van der Waals surface area contributed by atoms with Crippen molar-refractivity contribution in [1.29, 1.82) is 0 Å². The highest BCUT2D eigenvalue weighted by molar-refractivity contribution is 4.80. The molecule has 0 spiro atoms. The Kier molecular flexibility index (Phi) is 12.8. The molecule has 0 aromatic rings. The van der Waals surface area contributed by atoms with Gasteiger partial charge in [-0.3, -0.25) is 0 Å². The lowest BCUT2D eigenvalue weighted by atomic mass is 9.90. The summed E-state index contributed by atoms with van der Waals surface area (Å²) in [5.41, 5.74) is 0. The van der Waals surface area contributed by atoms with Crippen LogP contribution in [-0.2, 0) is 0 Å². The van der Waals surface area contributed by atoms with Gasteiger partial charge in [-0.2, -0.15) is 0 Å². The van der Waals surface area contributed by atoms with E-state index in [0.717, 1.165) is 13.0 Å². The van der Waals surface area contributed by atoms with Gasteiger partial charge in [0.15, 0.2) is 0 Å². The molecule has 2 N–H and O–H groups in total. The number of hydrogen-bond acceptors (Lipinski definition) is 4. The standard InChI is InChI=1S/C25H50N2O2/c1-3-12-22-15-20-27(21-25(22)29)17-11-9-7-5-6-8-10-16-26-18-13-23(14-19-26)24(28)4-2/h22-25,28-29H,3-21H2,1-2H3/t22?,24-,25-/m0/s1. The number of piperidine rings is 2. The van der Waals surface area contributed by atoms with Crippen LogP contribution in [0.15, 0.2) is 0 Å². The van der Waals surface area contributed by atoms with Gasteiger partial charge in [0.1, 0.15) is 0 Å². The molecule has 4 nitrogen and oxygen atoms in total. The van der Waals surface area contributed by atoms with Gasteiger partial charge in [-0.1, -0.05) is 52.4 Å². The Hall–Kier alpha value is -0.160. The molecule has 0 saturated carbocycles. The second-order valence-electron chi connectivity index (χ2n) is 9.83. The van der Waals surface area contributed by atoms with Crippen molar-refractivity contribution >= 4 is 0 Å². The number of nitrogens with zero attached hydrogens (tertiary/aromatic N) is 2. The number of aliphatic hydroxyl groups is 2. The van der Waals surface area contributed by atoms with Gasteiger partial charge in [0.05, 0.1) is 12.2 Å². The summed E-state index contributed by atoms with van der Waals surface area (Å²) < 4.78 is 0. The average molecular weight is 411 g/mol. The second-order valence-corrected chi connectivity index (χ2v) is 9.83. The zero-order chi connectivity index (χ0) is 20.9. The minimum Gasteiger partial charge on any atom is -0.393 e. The molecule has 2 fully saturated rings. The predicted octanol–water partition coefficient (Wildman–Crippen LogP) is 4.68. The molecule has 29 heavy (non-hydrogen) atoms. The maximum Gasteiger partial charge on any atom is 0.0695 e. The number of rotatable bonds is 14. The first kappa shape index (κ1) is 25.1. The van der Waals surface area contributed by atoms with Crippen molar-refractivity contribution in [2.45, 2.75) is 110 Å². The number of aliphatic hydroxyl groups excluding tert-OH is 2. The molecule has 2 heterocycles. The van der Waals surface area contributed by atoms with Gasteiger partial charge in [0.2, 0.25) is 0 Å². The Morgan fingerprint density at radius 3 is 1.90 bits per heavy atom. The topological polar surface area (TPSA) is 46.9 Å². The molecule has 0 amide bonds. The Morgan fingerprint density at radius 2 is 1.34 bits per heavy atom. The van der Waals surface area contributed by atoms with Crippen molar-refractivity contribution in [1.82, 2.24) is 9.80 Å². The van der Waals surface area contributed by atoms with E-state index in [-0.39, 0.29) is 12.2 Å². The average Bonchev–Trinajstić information content (AvgIpc) is 2.74. The maximum atomic E-state index is 10.3. The molecule has 2 aliphatic rings. The van der Waals surface area contributed by atoms with E-state index >= 15 is 0 Å². The van der Waals surface area contributed by atoms with E-state index < -0.39 is 0 Å². The van der Waals surface area contributed by atoms with Crippen LogP contribution in [0.4, 0.5) is 0 Å². The highest BCUT2D eigenvalue weighted by Crippen LogP contribution is 2.24. The van der Waals surface area contributed by atoms with E-state index in [1.165, 1.54) is 110 Å². The molecule has 3 atom stereocenters. The van der Waals surface area contributed by atoms with E-state index in [4.69, 9.17) is 0 Å². The zero-order valence-electron chi connectivity index (χ0n) is 19.5. The molecule has 0 radical (unpaired) electrons. The van der Waals surface area contributed by atoms with Crippen LogP contribution in [0.25, 0.3) is 0 Å². The van der Waals surface area contributed by atoms with Gasteiger partial charge >= 0.3 is 0 Å². The highest BCUT2D eigenvalue weighted by atomic mass is 16.3. The van der Waals surface area contributed by atoms with Crippen LogP contribution < -0.4 is 0 Å². The molecule has 0 aromatic heterocycles. The van der Waals surface area contributed by atoms with Crippen LogP contribution in [0, 0.1) is 11.8 Å². The quantitative estimate of drug-likeness (QED) is 0.408. The lowest BCUT2D eigenvalue weighted by Crippen LogP contribution is -2.44. The van der Waals surface area contributed by atoms with Gasteiger partial charge in [-0.25, -0.2) is 0 Å². The fourth-order valence-electron chi connectivity index (χ4n) is 5.41. The summed E-state index contributed by atoms with van der Waals surface area (Å²) in [7, 11) is 0. The van der Waals surface area contributed by atoms with E-state index in [1.54, 1.807) is 0 Å². The van der Waals surface area contributed by atoms with Crippen LogP contribution in [0.3, 0.4) is 0 Å². The van der Waals surface area contributed by atoms with Gasteiger partial charge in [-0.15, -0.1) is 0 Å². The molecule has 1 unspecified atom stereocenters. The number of hydrogen-bond donors (Lipinski definition) is 2. The first-order valence-electron chi connectivity index (χ1n) is 12.9. The number of β-amino-alcohol motifs (C(OH)–C–C–N with tert-alkyl or cyclic N) is 1. The van der Waals surface area contributed by atoms with Crippen LogP contribution >= 0.6 is 0 Å². The van der Waals surface area contributed by atoms with Crippen molar-refractivity contribution in [3.05, 3.63) is 0 Å². The van der Waals surface area contributed by atoms with Crippen molar-refractivity contribution in [3.8, 4) is 0 Å². The van der Waals surface area contributed by atoms with Crippen LogP contribution in [0.5, 0.6) is 0 Å². The molecule has 0 bridgehead atoms. The molecular formula is C25H50N2O2. The minimum absolute atomic E-state index is 0.0740. The molecule has 2 saturated heterocycles. The molecule has 0 aromatic carbocycles. The highest BCUT2D eigenvalue weighted by Gasteiger charge is 2.26. The Bertz CT molecular complexity index is 398. The summed E-state index contributed by atoms with van der Waals surface area (Å²) in [5.74, 6) is 1.09. The smallest absolute Gasteiger partial charge is 0.0695 e. The monoisotopic (exact) mass is 410 g/mol. The molecule has 4 heteroatoms.